The van der Waals surface area contributed by atoms with E-state index in [0.717, 1.165) is 37.3 Å². The number of aliphatic carboxylic acids is 1. The first-order chi connectivity index (χ1) is 16.9. The van der Waals surface area contributed by atoms with Gasteiger partial charge in [0.25, 0.3) is 0 Å². The summed E-state index contributed by atoms with van der Waals surface area (Å²) in [6.45, 7) is 3.20. The van der Waals surface area contributed by atoms with Crippen LogP contribution in [0.3, 0.4) is 0 Å². The first kappa shape index (κ1) is 23.8. The second-order valence-corrected chi connectivity index (χ2v) is 8.36. The Hall–Kier alpha value is -4.39. The molecule has 1 saturated heterocycles. The minimum absolute atomic E-state index is 0.0751. The van der Waals surface area contributed by atoms with Crippen LogP contribution in [-0.2, 0) is 9.53 Å². The Morgan fingerprint density at radius 3 is 2.63 bits per heavy atom. The Labute approximate surface area is 202 Å². The molecule has 2 N–H and O–H groups in total. The molecule has 180 valence electrons. The average Bonchev–Trinajstić information content (AvgIpc) is 3.27. The Balaban J connectivity index is 1.44. The maximum Gasteiger partial charge on any atom is 0.412 e. The standard InChI is InChI=1S/C25H25N5O5/c1-16(18-5-3-2-4-6-18)34-25(33)28-23-20(14-26)29-35-24(23)19-7-8-21(27-15-19)30-11-9-17(10-12-30)13-22(31)32/h2-8,15-17H,9-13H2,1H3,(H,28,33)(H,31,32). The van der Waals surface area contributed by atoms with Crippen LogP contribution in [0.5, 0.6) is 0 Å². The van der Waals surface area contributed by atoms with Gasteiger partial charge in [-0.05, 0) is 43.4 Å². The van der Waals surface area contributed by atoms with Crippen molar-refractivity contribution in [1.82, 2.24) is 10.1 Å². The van der Waals surface area contributed by atoms with E-state index in [9.17, 15) is 14.9 Å². The highest BCUT2D eigenvalue weighted by Gasteiger charge is 2.24. The summed E-state index contributed by atoms with van der Waals surface area (Å²) in [4.78, 5) is 30.1. The van der Waals surface area contributed by atoms with Gasteiger partial charge in [-0.25, -0.2) is 9.78 Å². The molecule has 1 aliphatic rings. The van der Waals surface area contributed by atoms with Crippen molar-refractivity contribution in [3.63, 3.8) is 0 Å². The monoisotopic (exact) mass is 475 g/mol. The molecule has 1 unspecified atom stereocenters. The normalized spacial score (nSPS) is 14.7. The lowest BCUT2D eigenvalue weighted by Crippen LogP contribution is -2.34. The maximum absolute atomic E-state index is 12.5. The summed E-state index contributed by atoms with van der Waals surface area (Å²) in [7, 11) is 0. The zero-order valence-electron chi connectivity index (χ0n) is 19.2. The highest BCUT2D eigenvalue weighted by atomic mass is 16.6. The number of piperidine rings is 1. The highest BCUT2D eigenvalue weighted by molar-refractivity contribution is 5.91. The van der Waals surface area contributed by atoms with Gasteiger partial charge in [0, 0.05) is 31.3 Å². The van der Waals surface area contributed by atoms with Crippen LogP contribution in [0.1, 0.15) is 43.5 Å². The summed E-state index contributed by atoms with van der Waals surface area (Å²) < 4.78 is 10.8. The number of amides is 1. The molecule has 10 nitrogen and oxygen atoms in total. The van der Waals surface area contributed by atoms with Crippen molar-refractivity contribution in [2.45, 2.75) is 32.3 Å². The molecule has 10 heteroatoms. The lowest BCUT2D eigenvalue weighted by atomic mass is 9.93. The molecule has 3 heterocycles. The molecule has 1 amide bonds. The van der Waals surface area contributed by atoms with E-state index in [1.165, 1.54) is 0 Å². The van der Waals surface area contributed by atoms with E-state index >= 15 is 0 Å². The van der Waals surface area contributed by atoms with Gasteiger partial charge < -0.3 is 19.3 Å². The number of benzene rings is 1. The minimum Gasteiger partial charge on any atom is -0.481 e. The van der Waals surface area contributed by atoms with Gasteiger partial charge in [0.1, 0.15) is 23.7 Å². The zero-order valence-corrected chi connectivity index (χ0v) is 19.2. The van der Waals surface area contributed by atoms with Crippen LogP contribution < -0.4 is 10.2 Å². The second-order valence-electron chi connectivity index (χ2n) is 8.36. The van der Waals surface area contributed by atoms with Crippen molar-refractivity contribution in [3.05, 3.63) is 59.9 Å². The first-order valence-corrected chi connectivity index (χ1v) is 11.3. The fourth-order valence-corrected chi connectivity index (χ4v) is 4.08. The van der Waals surface area contributed by atoms with E-state index < -0.39 is 18.2 Å². The number of nitrogens with one attached hydrogen (secondary N) is 1. The van der Waals surface area contributed by atoms with Gasteiger partial charge >= 0.3 is 12.1 Å². The largest absolute Gasteiger partial charge is 0.481 e. The molecule has 2 aromatic heterocycles. The number of aromatic nitrogens is 2. The number of carbonyl (C=O) groups is 2. The molecule has 1 fully saturated rings. The van der Waals surface area contributed by atoms with Crippen LogP contribution >= 0.6 is 0 Å². The fourth-order valence-electron chi connectivity index (χ4n) is 4.08. The zero-order chi connectivity index (χ0) is 24.8. The maximum atomic E-state index is 12.5. The third kappa shape index (κ3) is 5.76. The minimum atomic E-state index is -0.766. The Kier molecular flexibility index (Phi) is 7.26. The first-order valence-electron chi connectivity index (χ1n) is 11.3. The van der Waals surface area contributed by atoms with Gasteiger partial charge in [-0.1, -0.05) is 35.5 Å². The van der Waals surface area contributed by atoms with E-state index in [1.807, 2.05) is 42.5 Å². The van der Waals surface area contributed by atoms with E-state index in [4.69, 9.17) is 14.4 Å². The number of carboxylic acid groups (broad SMARTS) is 1. The number of pyridine rings is 1. The number of nitrogens with zero attached hydrogens (tertiary/aromatic N) is 4. The Morgan fingerprint density at radius 2 is 2.00 bits per heavy atom. The van der Waals surface area contributed by atoms with Crippen LogP contribution in [0.4, 0.5) is 16.3 Å². The number of anilines is 2. The summed E-state index contributed by atoms with van der Waals surface area (Å²) in [5.74, 6) is 0.371. The molecule has 0 radical (unpaired) electrons. The van der Waals surface area contributed by atoms with E-state index in [1.54, 1.807) is 19.2 Å². The van der Waals surface area contributed by atoms with Crippen LogP contribution in [0.25, 0.3) is 11.3 Å². The van der Waals surface area contributed by atoms with Crippen molar-refractivity contribution in [3.8, 4) is 17.4 Å². The molecule has 0 spiro atoms. The second kappa shape index (κ2) is 10.7. The third-order valence-corrected chi connectivity index (χ3v) is 5.99. The SMILES string of the molecule is CC(OC(=O)Nc1c(C#N)noc1-c1ccc(N2CCC(CC(=O)O)CC2)nc1)c1ccccc1. The predicted octanol–water partition coefficient (Wildman–Crippen LogP) is 4.61. The summed E-state index contributed by atoms with van der Waals surface area (Å²) in [6.07, 6.45) is 2.13. The Bertz CT molecular complexity index is 1210. The molecule has 35 heavy (non-hydrogen) atoms. The summed E-state index contributed by atoms with van der Waals surface area (Å²) in [5, 5.41) is 24.7. The van der Waals surface area contributed by atoms with Crippen LogP contribution in [0.15, 0.2) is 53.2 Å². The highest BCUT2D eigenvalue weighted by Crippen LogP contribution is 2.32. The molecule has 1 aromatic carbocycles. The smallest absolute Gasteiger partial charge is 0.412 e. The number of hydrogen-bond donors (Lipinski definition) is 2. The van der Waals surface area contributed by atoms with Gasteiger partial charge in [-0.3, -0.25) is 10.1 Å². The fraction of sp³-hybridized carbons (Fsp3) is 0.320. The molecule has 4 rings (SSSR count). The van der Waals surface area contributed by atoms with Crippen LogP contribution in [-0.4, -0.2) is 40.4 Å². The van der Waals surface area contributed by atoms with Crippen molar-refractivity contribution in [1.29, 1.82) is 5.26 Å². The quantitative estimate of drug-likeness (QED) is 0.501. The van der Waals surface area contributed by atoms with Crippen molar-refractivity contribution in [2.75, 3.05) is 23.3 Å². The number of carboxylic acids is 1. The van der Waals surface area contributed by atoms with Crippen LogP contribution in [0.2, 0.25) is 0 Å². The van der Waals surface area contributed by atoms with Gasteiger partial charge in [0.05, 0.1) is 0 Å². The lowest BCUT2D eigenvalue weighted by Gasteiger charge is -2.32. The summed E-state index contributed by atoms with van der Waals surface area (Å²) >= 11 is 0. The number of carbonyl (C=O) groups excluding carboxylic acids is 1. The van der Waals surface area contributed by atoms with E-state index in [-0.39, 0.29) is 29.5 Å². The van der Waals surface area contributed by atoms with Gasteiger partial charge in [0.2, 0.25) is 5.69 Å². The number of hydrogen-bond acceptors (Lipinski definition) is 8. The number of ether oxygens (including phenoxy) is 1. The molecular weight excluding hydrogens is 450 g/mol. The summed E-state index contributed by atoms with van der Waals surface area (Å²) in [5.41, 5.74) is 1.41. The van der Waals surface area contributed by atoms with Gasteiger partial charge in [-0.15, -0.1) is 0 Å². The van der Waals surface area contributed by atoms with Crippen molar-refractivity contribution >= 4 is 23.6 Å². The van der Waals surface area contributed by atoms with Crippen LogP contribution in [0, 0.1) is 17.2 Å². The molecule has 1 atom stereocenters. The number of nitriles is 1. The topological polar surface area (TPSA) is 142 Å². The van der Waals surface area contributed by atoms with Gasteiger partial charge in [0.15, 0.2) is 5.76 Å². The molecule has 0 bridgehead atoms. The average molecular weight is 476 g/mol. The molecule has 3 aromatic rings. The molecular formula is C25H25N5O5. The molecule has 1 aliphatic heterocycles. The van der Waals surface area contributed by atoms with Crippen molar-refractivity contribution < 1.29 is 24.0 Å². The number of rotatable bonds is 7. The molecule has 0 saturated carbocycles. The molecule has 0 aliphatic carbocycles. The summed E-state index contributed by atoms with van der Waals surface area (Å²) in [6, 6.07) is 14.8. The third-order valence-electron chi connectivity index (χ3n) is 5.99. The van der Waals surface area contributed by atoms with Crippen molar-refractivity contribution in [2.24, 2.45) is 5.92 Å². The van der Waals surface area contributed by atoms with Gasteiger partial charge in [-0.2, -0.15) is 5.26 Å². The lowest BCUT2D eigenvalue weighted by molar-refractivity contribution is -0.138. The Morgan fingerprint density at radius 1 is 1.26 bits per heavy atom. The van der Waals surface area contributed by atoms with E-state index in [0.29, 0.717) is 5.56 Å². The predicted molar refractivity (Wildman–Crippen MR) is 127 cm³/mol. The van der Waals surface area contributed by atoms with E-state index in [2.05, 4.69) is 20.4 Å².